The van der Waals surface area contributed by atoms with E-state index in [1.165, 1.54) is 12.4 Å². The van der Waals surface area contributed by atoms with Gasteiger partial charge in [0.15, 0.2) is 5.82 Å². The third kappa shape index (κ3) is 3.99. The second-order valence-corrected chi connectivity index (χ2v) is 7.41. The minimum Gasteiger partial charge on any atom is -0.271 e. The fourth-order valence-electron chi connectivity index (χ4n) is 3.76. The van der Waals surface area contributed by atoms with Crippen LogP contribution in [0, 0.1) is 18.3 Å². The number of halogens is 2. The number of hydrogen-bond acceptors (Lipinski definition) is 5. The van der Waals surface area contributed by atoms with Crippen LogP contribution in [0.2, 0.25) is 0 Å². The Morgan fingerprint density at radius 2 is 1.84 bits per heavy atom. The van der Waals surface area contributed by atoms with Gasteiger partial charge in [0, 0.05) is 36.4 Å². The molecule has 0 atom stereocenters. The first-order chi connectivity index (χ1) is 15.4. The molecule has 162 valence electrons. The van der Waals surface area contributed by atoms with Crippen molar-refractivity contribution in [2.24, 2.45) is 7.05 Å². The van der Waals surface area contributed by atoms with E-state index in [9.17, 15) is 8.78 Å². The van der Waals surface area contributed by atoms with Gasteiger partial charge in [-0.3, -0.25) is 4.68 Å². The Bertz CT molecular complexity index is 1300. The molecule has 9 heteroatoms. The first-order valence-electron chi connectivity index (χ1n) is 10.1. The Labute approximate surface area is 184 Å². The highest BCUT2D eigenvalue weighted by atomic mass is 19.3. The number of nitriles is 1. The van der Waals surface area contributed by atoms with Crippen LogP contribution < -0.4 is 0 Å². The molecule has 0 fully saturated rings. The van der Waals surface area contributed by atoms with E-state index in [1.54, 1.807) is 25.1 Å². The van der Waals surface area contributed by atoms with Gasteiger partial charge in [-0.25, -0.2) is 23.4 Å². The molecule has 0 unspecified atom stereocenters. The SMILES string of the molecule is CCc1c(-c2ccc(C#N)cc2)nn(C)c1Cc1cc(-n2nc(C)cc2C(F)F)ncn1. The summed E-state index contributed by atoms with van der Waals surface area (Å²) in [4.78, 5) is 8.49. The number of aryl methyl sites for hydroxylation is 2. The number of benzene rings is 1. The van der Waals surface area contributed by atoms with Gasteiger partial charge < -0.3 is 0 Å². The van der Waals surface area contributed by atoms with Gasteiger partial charge in [-0.15, -0.1) is 0 Å². The molecule has 1 aromatic carbocycles. The molecule has 32 heavy (non-hydrogen) atoms. The summed E-state index contributed by atoms with van der Waals surface area (Å²) in [5, 5.41) is 17.9. The molecule has 4 rings (SSSR count). The van der Waals surface area contributed by atoms with E-state index in [2.05, 4.69) is 28.1 Å². The summed E-state index contributed by atoms with van der Waals surface area (Å²) in [7, 11) is 1.87. The summed E-state index contributed by atoms with van der Waals surface area (Å²) in [5.74, 6) is 0.297. The lowest BCUT2D eigenvalue weighted by atomic mass is 10.0. The van der Waals surface area contributed by atoms with Crippen LogP contribution in [-0.4, -0.2) is 29.5 Å². The summed E-state index contributed by atoms with van der Waals surface area (Å²) >= 11 is 0. The average molecular weight is 433 g/mol. The van der Waals surface area contributed by atoms with Crippen LogP contribution in [-0.2, 0) is 19.9 Å². The minimum atomic E-state index is -2.66. The van der Waals surface area contributed by atoms with Crippen molar-refractivity contribution in [3.8, 4) is 23.1 Å². The van der Waals surface area contributed by atoms with Crippen molar-refractivity contribution in [2.45, 2.75) is 33.1 Å². The first-order valence-corrected chi connectivity index (χ1v) is 10.1. The van der Waals surface area contributed by atoms with Gasteiger partial charge in [-0.2, -0.15) is 15.5 Å². The Morgan fingerprint density at radius 1 is 1.09 bits per heavy atom. The van der Waals surface area contributed by atoms with Crippen LogP contribution in [0.5, 0.6) is 0 Å². The van der Waals surface area contributed by atoms with Crippen molar-refractivity contribution in [1.29, 1.82) is 5.26 Å². The van der Waals surface area contributed by atoms with Crippen LogP contribution in [0.15, 0.2) is 42.7 Å². The average Bonchev–Trinajstić information content (AvgIpc) is 3.34. The summed E-state index contributed by atoms with van der Waals surface area (Å²) < 4.78 is 29.8. The molecule has 7 nitrogen and oxygen atoms in total. The van der Waals surface area contributed by atoms with Crippen molar-refractivity contribution >= 4 is 0 Å². The number of nitrogens with zero attached hydrogens (tertiary/aromatic N) is 7. The van der Waals surface area contributed by atoms with Gasteiger partial charge in [-0.1, -0.05) is 19.1 Å². The van der Waals surface area contributed by atoms with E-state index >= 15 is 0 Å². The molecule has 0 spiro atoms. The lowest BCUT2D eigenvalue weighted by Gasteiger charge is -2.09. The first kappa shape index (κ1) is 21.3. The molecule has 0 aliphatic heterocycles. The molecule has 0 saturated carbocycles. The second kappa shape index (κ2) is 8.67. The van der Waals surface area contributed by atoms with Crippen molar-refractivity contribution in [1.82, 2.24) is 29.5 Å². The van der Waals surface area contributed by atoms with E-state index in [4.69, 9.17) is 10.4 Å². The Hall–Kier alpha value is -3.93. The van der Waals surface area contributed by atoms with Crippen molar-refractivity contribution in [2.75, 3.05) is 0 Å². The van der Waals surface area contributed by atoms with E-state index in [0.29, 0.717) is 29.2 Å². The largest absolute Gasteiger partial charge is 0.280 e. The lowest BCUT2D eigenvalue weighted by molar-refractivity contribution is 0.142. The molecule has 0 radical (unpaired) electrons. The summed E-state index contributed by atoms with van der Waals surface area (Å²) in [5.41, 5.74) is 5.38. The number of aromatic nitrogens is 6. The highest BCUT2D eigenvalue weighted by molar-refractivity contribution is 5.65. The Morgan fingerprint density at radius 3 is 2.50 bits per heavy atom. The zero-order chi connectivity index (χ0) is 22.8. The molecule has 3 heterocycles. The third-order valence-corrected chi connectivity index (χ3v) is 5.27. The third-order valence-electron chi connectivity index (χ3n) is 5.27. The molecule has 0 bridgehead atoms. The van der Waals surface area contributed by atoms with E-state index in [-0.39, 0.29) is 5.69 Å². The number of alkyl halides is 2. The van der Waals surface area contributed by atoms with Gasteiger partial charge in [0.1, 0.15) is 12.0 Å². The van der Waals surface area contributed by atoms with Crippen molar-refractivity contribution < 1.29 is 8.78 Å². The maximum atomic E-state index is 13.4. The Balaban J connectivity index is 1.70. The second-order valence-electron chi connectivity index (χ2n) is 7.41. The molecule has 0 aliphatic carbocycles. The highest BCUT2D eigenvalue weighted by Gasteiger charge is 2.20. The van der Waals surface area contributed by atoms with Crippen LogP contribution in [0.1, 0.15) is 47.3 Å². The maximum Gasteiger partial charge on any atom is 0.280 e. The van der Waals surface area contributed by atoms with E-state index in [1.807, 2.05) is 23.9 Å². The fraction of sp³-hybridized carbons (Fsp3) is 0.261. The molecule has 0 N–H and O–H groups in total. The fourth-order valence-corrected chi connectivity index (χ4v) is 3.76. The van der Waals surface area contributed by atoms with Crippen LogP contribution in [0.4, 0.5) is 8.78 Å². The van der Waals surface area contributed by atoms with E-state index in [0.717, 1.165) is 33.6 Å². The van der Waals surface area contributed by atoms with Gasteiger partial charge in [0.05, 0.1) is 28.7 Å². The van der Waals surface area contributed by atoms with Gasteiger partial charge >= 0.3 is 0 Å². The zero-order valence-corrected chi connectivity index (χ0v) is 17.9. The summed E-state index contributed by atoms with van der Waals surface area (Å²) in [6, 6.07) is 12.5. The molecule has 4 aromatic rings. The summed E-state index contributed by atoms with van der Waals surface area (Å²) in [6.07, 6.45) is -0.0820. The predicted octanol–water partition coefficient (Wildman–Crippen LogP) is 4.33. The Kier molecular flexibility index (Phi) is 5.77. The molecule has 0 aliphatic rings. The molecular weight excluding hydrogens is 412 g/mol. The standard InChI is InChI=1S/C23H21F2N7/c1-4-18-19(31(3)30-22(18)16-7-5-15(12-26)6-8-16)10-17-11-21(28-13-27-17)32-20(23(24)25)9-14(2)29-32/h5-9,11,13,23H,4,10H2,1-3H3. The topological polar surface area (TPSA) is 85.2 Å². The molecule has 0 amide bonds. The minimum absolute atomic E-state index is 0.204. The smallest absolute Gasteiger partial charge is 0.271 e. The van der Waals surface area contributed by atoms with Crippen LogP contribution in [0.25, 0.3) is 17.1 Å². The monoisotopic (exact) mass is 433 g/mol. The molecular formula is C23H21F2N7. The normalized spacial score (nSPS) is 11.2. The number of rotatable bonds is 6. The van der Waals surface area contributed by atoms with E-state index < -0.39 is 6.43 Å². The van der Waals surface area contributed by atoms with Crippen molar-refractivity contribution in [3.63, 3.8) is 0 Å². The predicted molar refractivity (Wildman–Crippen MR) is 114 cm³/mol. The van der Waals surface area contributed by atoms with Crippen LogP contribution >= 0.6 is 0 Å². The zero-order valence-electron chi connectivity index (χ0n) is 17.9. The quantitative estimate of drug-likeness (QED) is 0.452. The van der Waals surface area contributed by atoms with Gasteiger partial charge in [-0.05, 0) is 31.5 Å². The lowest BCUT2D eigenvalue weighted by Crippen LogP contribution is -2.08. The molecule has 0 saturated heterocycles. The number of hydrogen-bond donors (Lipinski definition) is 0. The summed E-state index contributed by atoms with van der Waals surface area (Å²) in [6.45, 7) is 3.72. The van der Waals surface area contributed by atoms with Crippen molar-refractivity contribution in [3.05, 3.63) is 76.6 Å². The van der Waals surface area contributed by atoms with Gasteiger partial charge in [0.25, 0.3) is 6.43 Å². The van der Waals surface area contributed by atoms with Gasteiger partial charge in [0.2, 0.25) is 0 Å². The molecule has 3 aromatic heterocycles. The van der Waals surface area contributed by atoms with Crippen LogP contribution in [0.3, 0.4) is 0 Å². The maximum absolute atomic E-state index is 13.4. The highest BCUT2D eigenvalue weighted by Crippen LogP contribution is 2.28.